The van der Waals surface area contributed by atoms with Gasteiger partial charge in [-0.25, -0.2) is 0 Å². The molecule has 1 unspecified atom stereocenters. The van der Waals surface area contributed by atoms with Crippen LogP contribution in [0.15, 0.2) is 24.5 Å². The fraction of sp³-hybridized carbons (Fsp3) is 0.583. The van der Waals surface area contributed by atoms with Crippen LogP contribution in [0.4, 0.5) is 0 Å². The van der Waals surface area contributed by atoms with Crippen LogP contribution >= 0.6 is 0 Å². The second-order valence-corrected chi connectivity index (χ2v) is 4.45. The van der Waals surface area contributed by atoms with Gasteiger partial charge in [-0.1, -0.05) is 0 Å². The molecule has 1 fully saturated rings. The van der Waals surface area contributed by atoms with Crippen molar-refractivity contribution in [1.82, 2.24) is 10.3 Å². The molecule has 2 heterocycles. The van der Waals surface area contributed by atoms with E-state index in [9.17, 15) is 15.3 Å². The molecule has 1 aromatic rings. The van der Waals surface area contributed by atoms with Gasteiger partial charge < -0.3 is 20.6 Å². The number of β-amino-alcohol motifs (C(OH)–C–C–N with tert-alkyl or cyclic N) is 1. The summed E-state index contributed by atoms with van der Waals surface area (Å²) in [5.41, 5.74) is 0.933. The van der Waals surface area contributed by atoms with E-state index in [0.717, 1.165) is 5.56 Å². The minimum Gasteiger partial charge on any atom is -0.396 e. The number of hydrogen-bond donors (Lipinski definition) is 4. The Kier molecular flexibility index (Phi) is 4.06. The van der Waals surface area contributed by atoms with Crippen LogP contribution in [-0.4, -0.2) is 52.2 Å². The lowest BCUT2D eigenvalue weighted by Gasteiger charge is -2.37. The largest absolute Gasteiger partial charge is 0.396 e. The molecule has 0 bridgehead atoms. The molecule has 1 aromatic heterocycles. The second-order valence-electron chi connectivity index (χ2n) is 4.45. The van der Waals surface area contributed by atoms with Crippen LogP contribution in [0.25, 0.3) is 0 Å². The summed E-state index contributed by atoms with van der Waals surface area (Å²) >= 11 is 0. The Labute approximate surface area is 100 Å². The van der Waals surface area contributed by atoms with E-state index >= 15 is 0 Å². The van der Waals surface area contributed by atoms with Crippen molar-refractivity contribution in [3.8, 4) is 0 Å². The third kappa shape index (κ3) is 2.63. The maximum Gasteiger partial charge on any atom is 0.0926 e. The van der Waals surface area contributed by atoms with Crippen molar-refractivity contribution in [2.75, 3.05) is 19.7 Å². The number of aromatic nitrogens is 1. The third-order valence-corrected chi connectivity index (χ3v) is 3.41. The monoisotopic (exact) mass is 238 g/mol. The van der Waals surface area contributed by atoms with E-state index in [4.69, 9.17) is 0 Å². The first-order valence-corrected chi connectivity index (χ1v) is 5.81. The molecule has 4 atom stereocenters. The average Bonchev–Trinajstić information content (AvgIpc) is 2.37. The number of aliphatic hydroxyl groups is 3. The SMILES string of the molecule is OCC(c1ccncc1)[C@@H]1CNC[C@@H](O)[C@@H]1O. The highest BCUT2D eigenvalue weighted by Crippen LogP contribution is 2.29. The molecule has 1 aliphatic heterocycles. The first-order valence-electron chi connectivity index (χ1n) is 5.81. The van der Waals surface area contributed by atoms with E-state index in [2.05, 4.69) is 10.3 Å². The molecule has 0 aliphatic carbocycles. The van der Waals surface area contributed by atoms with Crippen molar-refractivity contribution in [3.63, 3.8) is 0 Å². The fourth-order valence-corrected chi connectivity index (χ4v) is 2.40. The van der Waals surface area contributed by atoms with E-state index in [1.54, 1.807) is 12.4 Å². The summed E-state index contributed by atoms with van der Waals surface area (Å²) in [6.07, 6.45) is 1.75. The van der Waals surface area contributed by atoms with E-state index in [1.165, 1.54) is 0 Å². The molecule has 0 saturated carbocycles. The Hall–Kier alpha value is -1.01. The third-order valence-electron chi connectivity index (χ3n) is 3.41. The fourth-order valence-electron chi connectivity index (χ4n) is 2.40. The van der Waals surface area contributed by atoms with Gasteiger partial charge in [-0.3, -0.25) is 4.98 Å². The summed E-state index contributed by atoms with van der Waals surface area (Å²) in [7, 11) is 0. The molecule has 1 aliphatic rings. The van der Waals surface area contributed by atoms with Crippen molar-refractivity contribution < 1.29 is 15.3 Å². The molecule has 0 radical (unpaired) electrons. The smallest absolute Gasteiger partial charge is 0.0926 e. The molecule has 94 valence electrons. The Morgan fingerprint density at radius 3 is 2.65 bits per heavy atom. The van der Waals surface area contributed by atoms with Crippen molar-refractivity contribution in [3.05, 3.63) is 30.1 Å². The van der Waals surface area contributed by atoms with Gasteiger partial charge in [-0.05, 0) is 17.7 Å². The average molecular weight is 238 g/mol. The highest BCUT2D eigenvalue weighted by Gasteiger charge is 2.36. The number of aliphatic hydroxyl groups excluding tert-OH is 3. The zero-order valence-corrected chi connectivity index (χ0v) is 9.53. The van der Waals surface area contributed by atoms with E-state index in [0.29, 0.717) is 13.1 Å². The topological polar surface area (TPSA) is 85.6 Å². The number of pyridine rings is 1. The number of rotatable bonds is 3. The lowest BCUT2D eigenvalue weighted by atomic mass is 9.79. The normalized spacial score (nSPS) is 31.1. The summed E-state index contributed by atoms with van der Waals surface area (Å²) in [4.78, 5) is 3.93. The summed E-state index contributed by atoms with van der Waals surface area (Å²) < 4.78 is 0. The molecular formula is C12H18N2O3. The Balaban J connectivity index is 2.18. The summed E-state index contributed by atoms with van der Waals surface area (Å²) in [5.74, 6) is -0.374. The van der Waals surface area contributed by atoms with Gasteiger partial charge in [0.15, 0.2) is 0 Å². The van der Waals surface area contributed by atoms with Crippen LogP contribution in [0.2, 0.25) is 0 Å². The highest BCUT2D eigenvalue weighted by atomic mass is 16.3. The summed E-state index contributed by atoms with van der Waals surface area (Å²) in [6, 6.07) is 3.66. The molecule has 5 nitrogen and oxygen atoms in total. The van der Waals surface area contributed by atoms with Gasteiger partial charge in [0.25, 0.3) is 0 Å². The molecule has 0 aromatic carbocycles. The van der Waals surface area contributed by atoms with Crippen molar-refractivity contribution in [1.29, 1.82) is 0 Å². The number of hydrogen-bond acceptors (Lipinski definition) is 5. The first-order chi connectivity index (χ1) is 8.24. The zero-order chi connectivity index (χ0) is 12.3. The predicted molar refractivity (Wildman–Crippen MR) is 62.4 cm³/mol. The summed E-state index contributed by atoms with van der Waals surface area (Å²) in [5, 5.41) is 32.2. The molecular weight excluding hydrogens is 220 g/mol. The molecule has 0 amide bonds. The van der Waals surface area contributed by atoms with Gasteiger partial charge in [-0.2, -0.15) is 0 Å². The lowest BCUT2D eigenvalue weighted by molar-refractivity contribution is -0.0472. The Morgan fingerprint density at radius 1 is 1.29 bits per heavy atom. The highest BCUT2D eigenvalue weighted by molar-refractivity contribution is 5.18. The van der Waals surface area contributed by atoms with Crippen LogP contribution < -0.4 is 5.32 Å². The van der Waals surface area contributed by atoms with Crippen LogP contribution in [0.5, 0.6) is 0 Å². The molecule has 4 N–H and O–H groups in total. The molecule has 17 heavy (non-hydrogen) atoms. The van der Waals surface area contributed by atoms with E-state index < -0.39 is 12.2 Å². The maximum absolute atomic E-state index is 9.98. The van der Waals surface area contributed by atoms with Gasteiger partial charge in [0.05, 0.1) is 18.8 Å². The summed E-state index contributed by atoms with van der Waals surface area (Å²) in [6.45, 7) is 0.929. The first kappa shape index (κ1) is 12.4. The molecule has 5 heteroatoms. The molecule has 2 rings (SSSR count). The van der Waals surface area contributed by atoms with Crippen molar-refractivity contribution >= 4 is 0 Å². The Morgan fingerprint density at radius 2 is 2.00 bits per heavy atom. The van der Waals surface area contributed by atoms with Gasteiger partial charge in [0.1, 0.15) is 0 Å². The standard InChI is InChI=1S/C12H18N2O3/c15-7-10(8-1-3-13-4-2-8)9-5-14-6-11(16)12(9)17/h1-4,9-12,14-17H,5-7H2/t9-,10?,11+,12+/m0/s1. The number of nitrogens with one attached hydrogen (secondary N) is 1. The second kappa shape index (κ2) is 5.55. The lowest BCUT2D eigenvalue weighted by Crippen LogP contribution is -2.52. The zero-order valence-electron chi connectivity index (χ0n) is 9.53. The van der Waals surface area contributed by atoms with Crippen LogP contribution in [0, 0.1) is 5.92 Å². The predicted octanol–water partition coefficient (Wildman–Crippen LogP) is -0.901. The van der Waals surface area contributed by atoms with Crippen molar-refractivity contribution in [2.24, 2.45) is 5.92 Å². The van der Waals surface area contributed by atoms with Crippen molar-refractivity contribution in [2.45, 2.75) is 18.1 Å². The van der Waals surface area contributed by atoms with Gasteiger partial charge in [-0.15, -0.1) is 0 Å². The number of nitrogens with zero attached hydrogens (tertiary/aromatic N) is 1. The maximum atomic E-state index is 9.98. The Bertz CT molecular complexity index is 347. The quantitative estimate of drug-likeness (QED) is 0.548. The van der Waals surface area contributed by atoms with E-state index in [1.807, 2.05) is 12.1 Å². The van der Waals surface area contributed by atoms with Gasteiger partial charge >= 0.3 is 0 Å². The van der Waals surface area contributed by atoms with E-state index in [-0.39, 0.29) is 18.4 Å². The van der Waals surface area contributed by atoms with Crippen LogP contribution in [-0.2, 0) is 0 Å². The van der Waals surface area contributed by atoms with Crippen LogP contribution in [0.1, 0.15) is 11.5 Å². The minimum absolute atomic E-state index is 0.0554. The molecule has 1 saturated heterocycles. The molecule has 0 spiro atoms. The van der Waals surface area contributed by atoms with Gasteiger partial charge in [0, 0.05) is 37.3 Å². The minimum atomic E-state index is -0.804. The van der Waals surface area contributed by atoms with Gasteiger partial charge in [0.2, 0.25) is 0 Å². The number of piperidine rings is 1. The van der Waals surface area contributed by atoms with Crippen LogP contribution in [0.3, 0.4) is 0 Å².